The number of oxazole rings is 1. The molecule has 0 unspecified atom stereocenters. The third-order valence-corrected chi connectivity index (χ3v) is 4.55. The Morgan fingerprint density at radius 1 is 1.00 bits per heavy atom. The topological polar surface area (TPSA) is 69.2 Å². The van der Waals surface area contributed by atoms with Crippen molar-refractivity contribution < 1.29 is 4.42 Å². The van der Waals surface area contributed by atoms with Crippen LogP contribution in [0.25, 0.3) is 11.3 Å². The molecule has 0 amide bonds. The van der Waals surface area contributed by atoms with E-state index in [1.54, 1.807) is 18.5 Å². The summed E-state index contributed by atoms with van der Waals surface area (Å²) in [5.74, 6) is 2.30. The van der Waals surface area contributed by atoms with E-state index in [-0.39, 0.29) is 0 Å². The van der Waals surface area contributed by atoms with Crippen LogP contribution in [0.2, 0.25) is 0 Å². The van der Waals surface area contributed by atoms with Crippen molar-refractivity contribution in [3.63, 3.8) is 0 Å². The van der Waals surface area contributed by atoms with E-state index in [9.17, 15) is 5.26 Å². The minimum atomic E-state index is 0.626. The van der Waals surface area contributed by atoms with Crippen molar-refractivity contribution in [3.05, 3.63) is 66.3 Å². The monoisotopic (exact) mass is 345 g/mol. The van der Waals surface area contributed by atoms with Crippen LogP contribution in [0.4, 0.5) is 5.82 Å². The van der Waals surface area contributed by atoms with E-state index in [1.165, 1.54) is 0 Å². The normalized spacial score (nSPS) is 15.0. The molecule has 1 aromatic carbocycles. The highest BCUT2D eigenvalue weighted by atomic mass is 16.4. The second-order valence-corrected chi connectivity index (χ2v) is 6.23. The van der Waals surface area contributed by atoms with Crippen LogP contribution in [-0.2, 0) is 6.54 Å². The highest BCUT2D eigenvalue weighted by Crippen LogP contribution is 2.22. The molecule has 3 heterocycles. The van der Waals surface area contributed by atoms with Crippen LogP contribution < -0.4 is 4.90 Å². The van der Waals surface area contributed by atoms with E-state index < -0.39 is 0 Å². The summed E-state index contributed by atoms with van der Waals surface area (Å²) in [6.07, 6.45) is 3.52. The number of rotatable bonds is 4. The summed E-state index contributed by atoms with van der Waals surface area (Å²) in [6, 6.07) is 15.8. The number of nitrogens with zero attached hydrogens (tertiary/aromatic N) is 5. The first-order chi connectivity index (χ1) is 12.8. The largest absolute Gasteiger partial charge is 0.439 e. The molecule has 3 aromatic rings. The Bertz CT molecular complexity index is 907. The summed E-state index contributed by atoms with van der Waals surface area (Å²) in [4.78, 5) is 13.3. The van der Waals surface area contributed by atoms with Gasteiger partial charge in [0.2, 0.25) is 5.89 Å². The smallest absolute Gasteiger partial charge is 0.209 e. The Morgan fingerprint density at radius 3 is 2.58 bits per heavy atom. The molecule has 26 heavy (non-hydrogen) atoms. The number of pyridine rings is 1. The van der Waals surface area contributed by atoms with Gasteiger partial charge in [0.05, 0.1) is 18.3 Å². The summed E-state index contributed by atoms with van der Waals surface area (Å²) in [5, 5.41) is 9.24. The van der Waals surface area contributed by atoms with E-state index in [2.05, 4.69) is 25.8 Å². The van der Waals surface area contributed by atoms with Crippen LogP contribution in [0.3, 0.4) is 0 Å². The Morgan fingerprint density at radius 2 is 1.81 bits per heavy atom. The molecule has 6 heteroatoms. The molecule has 0 saturated carbocycles. The van der Waals surface area contributed by atoms with Crippen LogP contribution in [0, 0.1) is 11.3 Å². The molecule has 0 atom stereocenters. The molecule has 0 spiro atoms. The molecule has 4 rings (SSSR count). The van der Waals surface area contributed by atoms with Crippen molar-refractivity contribution >= 4 is 5.82 Å². The molecule has 1 saturated heterocycles. The Labute approximate surface area is 152 Å². The number of hydrogen-bond acceptors (Lipinski definition) is 6. The van der Waals surface area contributed by atoms with E-state index in [0.717, 1.165) is 49.2 Å². The van der Waals surface area contributed by atoms with Crippen molar-refractivity contribution in [1.82, 2.24) is 14.9 Å². The van der Waals surface area contributed by atoms with Crippen LogP contribution in [0.5, 0.6) is 0 Å². The third-order valence-electron chi connectivity index (χ3n) is 4.55. The van der Waals surface area contributed by atoms with Crippen LogP contribution in [-0.4, -0.2) is 41.0 Å². The van der Waals surface area contributed by atoms with Crippen molar-refractivity contribution in [2.24, 2.45) is 0 Å². The lowest BCUT2D eigenvalue weighted by atomic mass is 10.2. The highest BCUT2D eigenvalue weighted by molar-refractivity contribution is 5.56. The third kappa shape index (κ3) is 3.44. The van der Waals surface area contributed by atoms with Crippen LogP contribution in [0.1, 0.15) is 11.5 Å². The summed E-state index contributed by atoms with van der Waals surface area (Å²) >= 11 is 0. The number of hydrogen-bond donors (Lipinski definition) is 0. The fraction of sp³-hybridized carbons (Fsp3) is 0.250. The maximum absolute atomic E-state index is 9.24. The lowest BCUT2D eigenvalue weighted by molar-refractivity contribution is 0.226. The van der Waals surface area contributed by atoms with E-state index in [4.69, 9.17) is 4.42 Å². The molecular formula is C20H19N5O. The van der Waals surface area contributed by atoms with Crippen LogP contribution in [0.15, 0.2) is 59.3 Å². The second kappa shape index (κ2) is 7.38. The van der Waals surface area contributed by atoms with Gasteiger partial charge >= 0.3 is 0 Å². The highest BCUT2D eigenvalue weighted by Gasteiger charge is 2.21. The lowest BCUT2D eigenvalue weighted by Crippen LogP contribution is -2.46. The number of benzene rings is 1. The zero-order chi connectivity index (χ0) is 17.8. The number of aromatic nitrogens is 2. The van der Waals surface area contributed by atoms with Gasteiger partial charge in [-0.15, -0.1) is 0 Å². The molecule has 0 aliphatic carbocycles. The fourth-order valence-corrected chi connectivity index (χ4v) is 3.16. The summed E-state index contributed by atoms with van der Waals surface area (Å²) in [5.41, 5.74) is 1.66. The Balaban J connectivity index is 1.37. The maximum atomic E-state index is 9.24. The first-order valence-electron chi connectivity index (χ1n) is 8.66. The van der Waals surface area contributed by atoms with Gasteiger partial charge in [-0.05, 0) is 12.1 Å². The summed E-state index contributed by atoms with van der Waals surface area (Å²) in [6.45, 7) is 4.11. The maximum Gasteiger partial charge on any atom is 0.209 e. The predicted molar refractivity (Wildman–Crippen MR) is 98.4 cm³/mol. The molecule has 1 fully saturated rings. The van der Waals surface area contributed by atoms with Crippen molar-refractivity contribution in [1.29, 1.82) is 5.26 Å². The zero-order valence-electron chi connectivity index (χ0n) is 14.4. The number of piperazine rings is 1. The zero-order valence-corrected chi connectivity index (χ0v) is 14.4. The molecule has 2 aromatic heterocycles. The number of anilines is 1. The predicted octanol–water partition coefficient (Wildman–Crippen LogP) is 2.93. The second-order valence-electron chi connectivity index (χ2n) is 6.23. The first kappa shape index (κ1) is 16.3. The van der Waals surface area contributed by atoms with Crippen molar-refractivity contribution in [2.45, 2.75) is 6.54 Å². The molecule has 0 N–H and O–H groups in total. The molecule has 130 valence electrons. The fourth-order valence-electron chi connectivity index (χ4n) is 3.16. The number of nitriles is 1. The van der Waals surface area contributed by atoms with Crippen molar-refractivity contribution in [2.75, 3.05) is 31.1 Å². The van der Waals surface area contributed by atoms with E-state index in [1.807, 2.05) is 36.4 Å². The van der Waals surface area contributed by atoms with Gasteiger partial charge in [-0.1, -0.05) is 30.3 Å². The van der Waals surface area contributed by atoms with Gasteiger partial charge in [0.1, 0.15) is 11.9 Å². The van der Waals surface area contributed by atoms with Gasteiger partial charge in [-0.25, -0.2) is 9.97 Å². The van der Waals surface area contributed by atoms with Gasteiger partial charge in [-0.2, -0.15) is 5.26 Å². The average molecular weight is 345 g/mol. The van der Waals surface area contributed by atoms with Crippen molar-refractivity contribution in [3.8, 4) is 17.4 Å². The quantitative estimate of drug-likeness (QED) is 0.724. The Hall–Kier alpha value is -3.17. The minimum Gasteiger partial charge on any atom is -0.439 e. The van der Waals surface area contributed by atoms with Gasteiger partial charge in [0.15, 0.2) is 5.76 Å². The average Bonchev–Trinajstić information content (AvgIpc) is 3.18. The summed E-state index contributed by atoms with van der Waals surface area (Å²) < 4.78 is 5.90. The Kier molecular flexibility index (Phi) is 4.63. The minimum absolute atomic E-state index is 0.626. The molecule has 0 radical (unpaired) electrons. The molecule has 6 nitrogen and oxygen atoms in total. The standard InChI is InChI=1S/C20H19N5O/c21-13-17-7-4-8-22-20(17)25-11-9-24(10-12-25)15-19-23-14-18(26-19)16-5-2-1-3-6-16/h1-8,14H,9-12,15H2. The lowest BCUT2D eigenvalue weighted by Gasteiger charge is -2.35. The first-order valence-corrected chi connectivity index (χ1v) is 8.66. The summed E-state index contributed by atoms with van der Waals surface area (Å²) in [7, 11) is 0. The van der Waals surface area contributed by atoms with Crippen LogP contribution >= 0.6 is 0 Å². The van der Waals surface area contributed by atoms with E-state index in [0.29, 0.717) is 12.1 Å². The molecule has 1 aliphatic rings. The molecule has 1 aliphatic heterocycles. The SMILES string of the molecule is N#Cc1cccnc1N1CCN(Cc2ncc(-c3ccccc3)o2)CC1. The van der Waals surface area contributed by atoms with Gasteiger partial charge in [-0.3, -0.25) is 4.90 Å². The van der Waals surface area contributed by atoms with Gasteiger partial charge < -0.3 is 9.32 Å². The van der Waals surface area contributed by atoms with Gasteiger partial charge in [0.25, 0.3) is 0 Å². The molecular weight excluding hydrogens is 326 g/mol. The van der Waals surface area contributed by atoms with E-state index >= 15 is 0 Å². The molecule has 0 bridgehead atoms. The van der Waals surface area contributed by atoms with Gasteiger partial charge in [0, 0.05) is 37.9 Å².